The van der Waals surface area contributed by atoms with Gasteiger partial charge in [0.25, 0.3) is 0 Å². The maximum absolute atomic E-state index is 12.0. The van der Waals surface area contributed by atoms with Gasteiger partial charge in [-0.15, -0.1) is 0 Å². The molecule has 1 aromatic carbocycles. The van der Waals surface area contributed by atoms with Crippen LogP contribution < -0.4 is 11.1 Å². The van der Waals surface area contributed by atoms with Crippen LogP contribution in [0, 0.1) is 0 Å². The Labute approximate surface area is 106 Å². The second kappa shape index (κ2) is 5.18. The van der Waals surface area contributed by atoms with E-state index in [1.807, 2.05) is 24.3 Å². The van der Waals surface area contributed by atoms with Crippen molar-refractivity contribution in [2.75, 3.05) is 13.6 Å². The molecule has 5 nitrogen and oxygen atoms in total. The van der Waals surface area contributed by atoms with Crippen molar-refractivity contribution in [2.24, 2.45) is 5.73 Å². The number of likely N-dealkylation sites (N-methyl/N-ethyl adjacent to an activating group) is 1. The minimum atomic E-state index is -0.541. The fourth-order valence-electron chi connectivity index (χ4n) is 2.29. The summed E-state index contributed by atoms with van der Waals surface area (Å²) in [5.41, 5.74) is 7.57. The van der Waals surface area contributed by atoms with Gasteiger partial charge in [0.1, 0.15) is 6.04 Å². The lowest BCUT2D eigenvalue weighted by molar-refractivity contribution is -0.139. The number of carbonyl (C=O) groups is 2. The van der Waals surface area contributed by atoms with Crippen molar-refractivity contribution >= 4 is 11.8 Å². The molecule has 0 saturated carbocycles. The number of nitrogens with zero attached hydrogens (tertiary/aromatic N) is 1. The van der Waals surface area contributed by atoms with E-state index in [0.717, 1.165) is 11.1 Å². The quantitative estimate of drug-likeness (QED) is 0.766. The van der Waals surface area contributed by atoms with E-state index in [9.17, 15) is 9.59 Å². The van der Waals surface area contributed by atoms with Gasteiger partial charge >= 0.3 is 0 Å². The molecule has 1 heterocycles. The lowest BCUT2D eigenvalue weighted by Crippen LogP contribution is -2.52. The van der Waals surface area contributed by atoms with Gasteiger partial charge in [-0.05, 0) is 18.2 Å². The smallest absolute Gasteiger partial charge is 0.240 e. The van der Waals surface area contributed by atoms with Crippen LogP contribution in [0.1, 0.15) is 11.1 Å². The zero-order valence-electron chi connectivity index (χ0n) is 10.3. The molecule has 0 fully saturated rings. The third-order valence-corrected chi connectivity index (χ3v) is 3.23. The number of rotatable bonds is 3. The lowest BCUT2D eigenvalue weighted by atomic mass is 9.93. The summed E-state index contributed by atoms with van der Waals surface area (Å²) < 4.78 is 0. The normalized spacial score (nSPS) is 18.3. The average molecular weight is 247 g/mol. The number of benzene rings is 1. The van der Waals surface area contributed by atoms with Gasteiger partial charge in [-0.3, -0.25) is 9.59 Å². The summed E-state index contributed by atoms with van der Waals surface area (Å²) in [7, 11) is 1.70. The molecule has 1 aromatic rings. The number of hydrogen-bond donors (Lipinski definition) is 2. The molecule has 2 amide bonds. The van der Waals surface area contributed by atoms with Crippen molar-refractivity contribution in [1.29, 1.82) is 0 Å². The number of primary amides is 1. The number of fused-ring (bicyclic) bond motifs is 1. The first-order valence-corrected chi connectivity index (χ1v) is 5.93. The Hall–Kier alpha value is -1.88. The Morgan fingerprint density at radius 1 is 1.39 bits per heavy atom. The van der Waals surface area contributed by atoms with Crippen LogP contribution in [0.4, 0.5) is 0 Å². The topological polar surface area (TPSA) is 75.4 Å². The lowest BCUT2D eigenvalue weighted by Gasteiger charge is -2.35. The molecule has 0 spiro atoms. The Morgan fingerprint density at radius 3 is 2.67 bits per heavy atom. The second-order valence-corrected chi connectivity index (χ2v) is 4.44. The van der Waals surface area contributed by atoms with Gasteiger partial charge in [0.2, 0.25) is 11.8 Å². The molecular weight excluding hydrogens is 230 g/mol. The van der Waals surface area contributed by atoms with Crippen LogP contribution in [-0.4, -0.2) is 36.3 Å². The average Bonchev–Trinajstić information content (AvgIpc) is 2.37. The van der Waals surface area contributed by atoms with E-state index >= 15 is 0 Å². The van der Waals surface area contributed by atoms with E-state index in [1.54, 1.807) is 11.9 Å². The Bertz CT molecular complexity index is 473. The number of hydrogen-bond acceptors (Lipinski definition) is 3. The molecule has 0 bridgehead atoms. The SMILES string of the molecule is CNCC(=O)N1Cc2ccccc2C[C@@H]1C(N)=O. The van der Waals surface area contributed by atoms with E-state index in [-0.39, 0.29) is 12.5 Å². The van der Waals surface area contributed by atoms with Gasteiger partial charge in [0.05, 0.1) is 6.54 Å². The fraction of sp³-hybridized carbons (Fsp3) is 0.385. The minimum Gasteiger partial charge on any atom is -0.368 e. The summed E-state index contributed by atoms with van der Waals surface area (Å²) in [6.45, 7) is 0.663. The fourth-order valence-corrected chi connectivity index (χ4v) is 2.29. The summed E-state index contributed by atoms with van der Waals surface area (Å²) in [5, 5.41) is 2.80. The molecule has 18 heavy (non-hydrogen) atoms. The molecule has 1 aliphatic heterocycles. The van der Waals surface area contributed by atoms with Gasteiger partial charge in [-0.2, -0.15) is 0 Å². The molecule has 0 aliphatic carbocycles. The first-order valence-electron chi connectivity index (χ1n) is 5.93. The summed E-state index contributed by atoms with van der Waals surface area (Å²) in [5.74, 6) is -0.551. The van der Waals surface area contributed by atoms with E-state index in [4.69, 9.17) is 5.73 Å². The number of nitrogens with two attached hydrogens (primary N) is 1. The van der Waals surface area contributed by atoms with Crippen molar-refractivity contribution in [3.8, 4) is 0 Å². The summed E-state index contributed by atoms with van der Waals surface area (Å²) in [4.78, 5) is 25.0. The van der Waals surface area contributed by atoms with E-state index in [0.29, 0.717) is 13.0 Å². The standard InChI is InChI=1S/C13H17N3O2/c1-15-7-12(17)16-8-10-5-3-2-4-9(10)6-11(16)13(14)18/h2-5,11,15H,6-8H2,1H3,(H2,14,18)/t11-/m1/s1. The molecule has 5 heteroatoms. The Balaban J connectivity index is 2.28. The highest BCUT2D eigenvalue weighted by Gasteiger charge is 2.32. The monoisotopic (exact) mass is 247 g/mol. The van der Waals surface area contributed by atoms with Crippen molar-refractivity contribution in [2.45, 2.75) is 19.0 Å². The number of amides is 2. The third-order valence-electron chi connectivity index (χ3n) is 3.23. The van der Waals surface area contributed by atoms with Gasteiger partial charge in [-0.1, -0.05) is 24.3 Å². The van der Waals surface area contributed by atoms with E-state index in [1.165, 1.54) is 0 Å². The molecule has 0 aromatic heterocycles. The molecular formula is C13H17N3O2. The minimum absolute atomic E-state index is 0.101. The maximum Gasteiger partial charge on any atom is 0.240 e. The molecule has 96 valence electrons. The zero-order valence-corrected chi connectivity index (χ0v) is 10.3. The van der Waals surface area contributed by atoms with Crippen molar-refractivity contribution in [3.05, 3.63) is 35.4 Å². The molecule has 3 N–H and O–H groups in total. The van der Waals surface area contributed by atoms with Crippen LogP contribution in [-0.2, 0) is 22.6 Å². The van der Waals surface area contributed by atoms with Crippen molar-refractivity contribution < 1.29 is 9.59 Å². The molecule has 0 radical (unpaired) electrons. The molecule has 1 atom stereocenters. The van der Waals surface area contributed by atoms with Crippen LogP contribution in [0.5, 0.6) is 0 Å². The molecule has 2 rings (SSSR count). The summed E-state index contributed by atoms with van der Waals surface area (Å²) in [6, 6.07) is 7.28. The zero-order chi connectivity index (χ0) is 13.1. The molecule has 0 unspecified atom stereocenters. The van der Waals surface area contributed by atoms with Gasteiger partial charge in [0, 0.05) is 13.0 Å². The Morgan fingerprint density at radius 2 is 2.06 bits per heavy atom. The number of nitrogens with one attached hydrogen (secondary N) is 1. The predicted molar refractivity (Wildman–Crippen MR) is 67.6 cm³/mol. The summed E-state index contributed by atoms with van der Waals surface area (Å²) >= 11 is 0. The van der Waals surface area contributed by atoms with E-state index in [2.05, 4.69) is 5.32 Å². The van der Waals surface area contributed by atoms with E-state index < -0.39 is 11.9 Å². The second-order valence-electron chi connectivity index (χ2n) is 4.44. The maximum atomic E-state index is 12.0. The van der Waals surface area contributed by atoms with Crippen molar-refractivity contribution in [1.82, 2.24) is 10.2 Å². The van der Waals surface area contributed by atoms with Gasteiger partial charge < -0.3 is 16.0 Å². The van der Waals surface area contributed by atoms with Crippen LogP contribution >= 0.6 is 0 Å². The first-order chi connectivity index (χ1) is 8.63. The molecule has 0 saturated heterocycles. The first kappa shape index (κ1) is 12.6. The van der Waals surface area contributed by atoms with Crippen LogP contribution in [0.15, 0.2) is 24.3 Å². The highest BCUT2D eigenvalue weighted by molar-refractivity contribution is 5.88. The van der Waals surface area contributed by atoms with Gasteiger partial charge in [0.15, 0.2) is 0 Å². The van der Waals surface area contributed by atoms with Crippen LogP contribution in [0.25, 0.3) is 0 Å². The summed E-state index contributed by atoms with van der Waals surface area (Å²) in [6.07, 6.45) is 0.501. The predicted octanol–water partition coefficient (Wildman–Crippen LogP) is -0.355. The highest BCUT2D eigenvalue weighted by Crippen LogP contribution is 2.23. The van der Waals surface area contributed by atoms with Crippen LogP contribution in [0.2, 0.25) is 0 Å². The molecule has 1 aliphatic rings. The van der Waals surface area contributed by atoms with Crippen molar-refractivity contribution in [3.63, 3.8) is 0 Å². The third kappa shape index (κ3) is 2.36. The largest absolute Gasteiger partial charge is 0.368 e. The van der Waals surface area contributed by atoms with Crippen LogP contribution in [0.3, 0.4) is 0 Å². The Kier molecular flexibility index (Phi) is 3.62. The number of carbonyl (C=O) groups excluding carboxylic acids is 2. The highest BCUT2D eigenvalue weighted by atomic mass is 16.2. The van der Waals surface area contributed by atoms with Gasteiger partial charge in [-0.25, -0.2) is 0 Å².